The molecule has 39 heavy (non-hydrogen) atoms. The van der Waals surface area contributed by atoms with Gasteiger partial charge in [0.15, 0.2) is 17.4 Å². The number of Topliss-reactive ketones (excluding diaryl/α,β-unsaturated/α-hetero) is 1. The molecule has 3 saturated carbocycles. The van der Waals surface area contributed by atoms with Crippen molar-refractivity contribution in [3.63, 3.8) is 0 Å². The molecule has 0 N–H and O–H groups in total. The van der Waals surface area contributed by atoms with Gasteiger partial charge in [0.25, 0.3) is 0 Å². The molecule has 6 nitrogen and oxygen atoms in total. The van der Waals surface area contributed by atoms with Gasteiger partial charge in [-0.15, -0.1) is 0 Å². The van der Waals surface area contributed by atoms with Gasteiger partial charge in [-0.3, -0.25) is 9.59 Å². The quantitative estimate of drug-likeness (QED) is 0.293. The van der Waals surface area contributed by atoms with E-state index in [9.17, 15) is 14.9 Å². The Labute approximate surface area is 233 Å². The molecule has 4 aliphatic rings. The molecule has 3 fully saturated rings. The summed E-state index contributed by atoms with van der Waals surface area (Å²) in [5.74, 6) is 1.59. The van der Waals surface area contributed by atoms with Crippen molar-refractivity contribution in [2.75, 3.05) is 0 Å². The van der Waals surface area contributed by atoms with Crippen molar-refractivity contribution >= 4 is 11.6 Å². The zero-order valence-electron chi connectivity index (χ0n) is 24.9. The van der Waals surface area contributed by atoms with Crippen molar-refractivity contribution in [3.05, 3.63) is 35.0 Å². The summed E-state index contributed by atoms with van der Waals surface area (Å²) in [5.41, 5.74) is 1.15. The summed E-state index contributed by atoms with van der Waals surface area (Å²) in [6, 6.07) is 2.11. The summed E-state index contributed by atoms with van der Waals surface area (Å²) in [6.07, 6.45) is 12.0. The predicted molar refractivity (Wildman–Crippen MR) is 149 cm³/mol. The number of fused-ring (bicyclic) bond motifs is 5. The molecule has 6 heteroatoms. The number of nitriles is 1. The lowest BCUT2D eigenvalue weighted by molar-refractivity contribution is -0.155. The van der Waals surface area contributed by atoms with Gasteiger partial charge in [-0.1, -0.05) is 58.3 Å². The van der Waals surface area contributed by atoms with Gasteiger partial charge in [0.1, 0.15) is 6.07 Å². The predicted octanol–water partition coefficient (Wildman–Crippen LogP) is 7.24. The molecule has 0 amide bonds. The fourth-order valence-electron chi connectivity index (χ4n) is 9.14. The maximum Gasteiger partial charge on any atom is 0.233 e. The SMILES string of the molecule is CC/C=C(/C#N)C(=O)[C@@H](C)[C@@H]1CC[C@]2(C)C(=CC(=O)C3C4CC(C)(C)CC[C@]4(c4nc(C)no4)CC[C@]32C)C1. The Hall–Kier alpha value is -2.55. The first-order valence-electron chi connectivity index (χ1n) is 15.0. The molecule has 0 bridgehead atoms. The number of ketones is 2. The summed E-state index contributed by atoms with van der Waals surface area (Å²) in [4.78, 5) is 32.2. The van der Waals surface area contributed by atoms with Crippen molar-refractivity contribution in [1.82, 2.24) is 10.1 Å². The summed E-state index contributed by atoms with van der Waals surface area (Å²) in [6.45, 7) is 15.2. The van der Waals surface area contributed by atoms with Gasteiger partial charge < -0.3 is 4.52 Å². The highest BCUT2D eigenvalue weighted by Gasteiger charge is 2.67. The topological polar surface area (TPSA) is 96.8 Å². The van der Waals surface area contributed by atoms with Crippen LogP contribution in [0.5, 0.6) is 0 Å². The van der Waals surface area contributed by atoms with Gasteiger partial charge in [-0.25, -0.2) is 0 Å². The Morgan fingerprint density at radius 2 is 1.92 bits per heavy atom. The number of carbonyl (C=O) groups excluding carboxylic acids is 2. The molecule has 1 heterocycles. The first-order chi connectivity index (χ1) is 18.3. The van der Waals surface area contributed by atoms with Crippen LogP contribution in [0.15, 0.2) is 27.8 Å². The average molecular weight is 532 g/mol. The van der Waals surface area contributed by atoms with E-state index in [-0.39, 0.29) is 62.5 Å². The van der Waals surface area contributed by atoms with Crippen LogP contribution in [0.3, 0.4) is 0 Å². The number of hydrogen-bond acceptors (Lipinski definition) is 6. The summed E-state index contributed by atoms with van der Waals surface area (Å²) < 4.78 is 5.87. The van der Waals surface area contributed by atoms with E-state index >= 15 is 0 Å². The number of aromatic nitrogens is 2. The lowest BCUT2D eigenvalue weighted by atomic mass is 9.37. The second-order valence-corrected chi connectivity index (χ2v) is 14.4. The molecule has 0 radical (unpaired) electrons. The molecular weight excluding hydrogens is 486 g/mol. The number of aryl methyl sites for hydroxylation is 1. The van der Waals surface area contributed by atoms with E-state index in [2.05, 4.69) is 38.9 Å². The minimum absolute atomic E-state index is 0.0542. The fourth-order valence-corrected chi connectivity index (χ4v) is 9.14. The number of nitrogens with zero attached hydrogens (tertiary/aromatic N) is 3. The van der Waals surface area contributed by atoms with Gasteiger partial charge in [-0.2, -0.15) is 10.2 Å². The zero-order chi connectivity index (χ0) is 28.4. The normalized spacial score (nSPS) is 38.5. The van der Waals surface area contributed by atoms with E-state index in [1.165, 1.54) is 5.57 Å². The average Bonchev–Trinajstić information content (AvgIpc) is 3.33. The van der Waals surface area contributed by atoms with Crippen LogP contribution in [-0.4, -0.2) is 21.7 Å². The van der Waals surface area contributed by atoms with E-state index in [1.807, 2.05) is 26.8 Å². The van der Waals surface area contributed by atoms with E-state index in [4.69, 9.17) is 9.51 Å². The standard InChI is InChI=1S/C33H45N3O3/c1-8-9-23(19-34)28(38)20(2)22-10-11-31(6)24(16-22)17-26(37)27-25-18-30(4,5)12-14-33(25,15-13-32(27,31)7)29-35-21(3)36-39-29/h9,17,20,22,25,27H,8,10-16,18H2,1-7H3/b23-9-/t20-,22+,25?,27?,31+,32+,33-/m0/s1. The maximum absolute atomic E-state index is 14.3. The van der Waals surface area contributed by atoms with E-state index in [0.717, 1.165) is 57.3 Å². The van der Waals surface area contributed by atoms with Crippen LogP contribution in [0.25, 0.3) is 0 Å². The third kappa shape index (κ3) is 4.18. The smallest absolute Gasteiger partial charge is 0.233 e. The van der Waals surface area contributed by atoms with Crippen LogP contribution in [0.2, 0.25) is 0 Å². The van der Waals surface area contributed by atoms with Crippen LogP contribution in [0.4, 0.5) is 0 Å². The highest BCUT2D eigenvalue weighted by Crippen LogP contribution is 2.71. The highest BCUT2D eigenvalue weighted by atomic mass is 16.5. The largest absolute Gasteiger partial charge is 0.339 e. The monoisotopic (exact) mass is 531 g/mol. The van der Waals surface area contributed by atoms with Crippen molar-refractivity contribution in [1.29, 1.82) is 5.26 Å². The lowest BCUT2D eigenvalue weighted by Gasteiger charge is -2.65. The summed E-state index contributed by atoms with van der Waals surface area (Å²) in [5, 5.41) is 13.7. The minimum atomic E-state index is -0.240. The first-order valence-corrected chi connectivity index (χ1v) is 15.0. The van der Waals surface area contributed by atoms with Crippen LogP contribution in [-0.2, 0) is 15.0 Å². The van der Waals surface area contributed by atoms with E-state index in [1.54, 1.807) is 6.08 Å². The molecule has 0 aromatic carbocycles. The van der Waals surface area contributed by atoms with Crippen LogP contribution >= 0.6 is 0 Å². The summed E-state index contributed by atoms with van der Waals surface area (Å²) >= 11 is 0. The number of carbonyl (C=O) groups is 2. The Morgan fingerprint density at radius 1 is 1.21 bits per heavy atom. The molecule has 1 aromatic rings. The summed E-state index contributed by atoms with van der Waals surface area (Å²) in [7, 11) is 0. The molecule has 2 unspecified atom stereocenters. The molecule has 5 rings (SSSR count). The van der Waals surface area contributed by atoms with Crippen molar-refractivity contribution in [2.45, 2.75) is 112 Å². The highest BCUT2D eigenvalue weighted by molar-refractivity contribution is 6.00. The van der Waals surface area contributed by atoms with E-state index < -0.39 is 0 Å². The van der Waals surface area contributed by atoms with Gasteiger partial charge >= 0.3 is 0 Å². The molecule has 1 aromatic heterocycles. The van der Waals surface area contributed by atoms with Crippen LogP contribution in [0, 0.1) is 58.2 Å². The Kier molecular flexibility index (Phi) is 6.84. The molecule has 7 atom stereocenters. The Morgan fingerprint density at radius 3 is 2.56 bits per heavy atom. The zero-order valence-corrected chi connectivity index (χ0v) is 24.9. The lowest BCUT2D eigenvalue weighted by Crippen LogP contribution is -2.63. The number of allylic oxidation sites excluding steroid dienone is 4. The maximum atomic E-state index is 14.3. The van der Waals surface area contributed by atoms with Crippen LogP contribution in [0.1, 0.15) is 111 Å². The molecule has 210 valence electrons. The molecule has 0 spiro atoms. The Bertz CT molecular complexity index is 1280. The second-order valence-electron chi connectivity index (χ2n) is 14.4. The van der Waals surface area contributed by atoms with Crippen molar-refractivity contribution in [3.8, 4) is 6.07 Å². The van der Waals surface area contributed by atoms with Gasteiger partial charge in [0, 0.05) is 11.8 Å². The molecular formula is C33H45N3O3. The van der Waals surface area contributed by atoms with Crippen LogP contribution < -0.4 is 0 Å². The molecule has 4 aliphatic carbocycles. The molecule has 0 saturated heterocycles. The molecule has 0 aliphatic heterocycles. The van der Waals surface area contributed by atoms with Gasteiger partial charge in [0.2, 0.25) is 5.89 Å². The third-order valence-electron chi connectivity index (χ3n) is 11.9. The Balaban J connectivity index is 1.51. The minimum Gasteiger partial charge on any atom is -0.339 e. The van der Waals surface area contributed by atoms with Gasteiger partial charge in [0.05, 0.1) is 11.0 Å². The number of rotatable bonds is 5. The van der Waals surface area contributed by atoms with E-state index in [0.29, 0.717) is 12.2 Å². The first kappa shape index (κ1) is 28.0. The second kappa shape index (κ2) is 9.53. The van der Waals surface area contributed by atoms with Crippen molar-refractivity contribution in [2.24, 2.45) is 39.9 Å². The third-order valence-corrected chi connectivity index (χ3v) is 11.9. The van der Waals surface area contributed by atoms with Gasteiger partial charge in [-0.05, 0) is 98.9 Å². The van der Waals surface area contributed by atoms with Crippen molar-refractivity contribution < 1.29 is 14.1 Å². The number of hydrogen-bond donors (Lipinski definition) is 0. The fraction of sp³-hybridized carbons (Fsp3) is 0.727.